The van der Waals surface area contributed by atoms with E-state index in [4.69, 9.17) is 15.3 Å². The van der Waals surface area contributed by atoms with Crippen LogP contribution in [0.1, 0.15) is 6.92 Å². The zero-order chi connectivity index (χ0) is 8.57. The summed E-state index contributed by atoms with van der Waals surface area (Å²) >= 11 is 0. The first-order chi connectivity index (χ1) is 4.56. The molecule has 60 valence electrons. The Balaban J connectivity index is 0. The first kappa shape index (κ1) is 11.9. The largest absolute Gasteiger partial charge is 0.478 e. The summed E-state index contributed by atoms with van der Waals surface area (Å²) in [6.45, 7) is 4.35. The number of hydrogen-bond acceptors (Lipinski definition) is 3. The van der Waals surface area contributed by atoms with E-state index in [1.807, 2.05) is 0 Å². The number of carboxylic acid groups (broad SMARTS) is 1. The second kappa shape index (κ2) is 8.13. The summed E-state index contributed by atoms with van der Waals surface area (Å²) in [6.07, 6.45) is 0. The van der Waals surface area contributed by atoms with E-state index in [-0.39, 0.29) is 18.8 Å². The van der Waals surface area contributed by atoms with Crippen LogP contribution in [-0.4, -0.2) is 34.5 Å². The maximum atomic E-state index is 9.60. The number of aliphatic hydroxyl groups is 2. The molecule has 0 fully saturated rings. The molecule has 0 spiro atoms. The van der Waals surface area contributed by atoms with E-state index < -0.39 is 5.97 Å². The molecule has 4 nitrogen and oxygen atoms in total. The standard InChI is InChI=1S/C4H6O2.C2H6O2/c1-3(2)4(5)6;3-1-2-4/h1H2,2H3,(H,5,6);3-4H,1-2H2. The van der Waals surface area contributed by atoms with E-state index >= 15 is 0 Å². The Morgan fingerprint density at radius 3 is 1.60 bits per heavy atom. The molecule has 0 heterocycles. The van der Waals surface area contributed by atoms with Crippen molar-refractivity contribution in [3.8, 4) is 0 Å². The molecule has 0 aromatic heterocycles. The van der Waals surface area contributed by atoms with Gasteiger partial charge < -0.3 is 15.3 Å². The van der Waals surface area contributed by atoms with Crippen LogP contribution < -0.4 is 0 Å². The van der Waals surface area contributed by atoms with E-state index in [1.54, 1.807) is 0 Å². The predicted molar refractivity (Wildman–Crippen MR) is 36.6 cm³/mol. The van der Waals surface area contributed by atoms with Gasteiger partial charge >= 0.3 is 5.97 Å². The van der Waals surface area contributed by atoms with Crippen LogP contribution in [0, 0.1) is 0 Å². The van der Waals surface area contributed by atoms with Crippen molar-refractivity contribution in [3.05, 3.63) is 12.2 Å². The van der Waals surface area contributed by atoms with Gasteiger partial charge in [-0.05, 0) is 6.92 Å². The van der Waals surface area contributed by atoms with Gasteiger partial charge in [-0.15, -0.1) is 0 Å². The Morgan fingerprint density at radius 1 is 1.40 bits per heavy atom. The summed E-state index contributed by atoms with van der Waals surface area (Å²) in [7, 11) is 0. The Labute approximate surface area is 59.4 Å². The molecule has 0 unspecified atom stereocenters. The van der Waals surface area contributed by atoms with E-state index in [0.29, 0.717) is 0 Å². The minimum Gasteiger partial charge on any atom is -0.478 e. The van der Waals surface area contributed by atoms with Gasteiger partial charge in [-0.3, -0.25) is 0 Å². The Kier molecular flexibility index (Phi) is 9.65. The highest BCUT2D eigenvalue weighted by Gasteiger charge is 1.90. The highest BCUT2D eigenvalue weighted by molar-refractivity contribution is 5.84. The molecular weight excluding hydrogens is 136 g/mol. The molecule has 0 aliphatic rings. The van der Waals surface area contributed by atoms with Crippen molar-refractivity contribution in [2.75, 3.05) is 13.2 Å². The molecule has 10 heavy (non-hydrogen) atoms. The fourth-order valence-corrected chi connectivity index (χ4v) is 0. The van der Waals surface area contributed by atoms with Gasteiger partial charge in [0.15, 0.2) is 0 Å². The summed E-state index contributed by atoms with van der Waals surface area (Å²) in [5.74, 6) is -0.935. The van der Waals surface area contributed by atoms with Crippen molar-refractivity contribution in [1.82, 2.24) is 0 Å². The molecule has 0 atom stereocenters. The molecule has 0 bridgehead atoms. The van der Waals surface area contributed by atoms with Crippen LogP contribution in [0.15, 0.2) is 12.2 Å². The fourth-order valence-electron chi connectivity index (χ4n) is 0. The minimum absolute atomic E-state index is 0.125. The smallest absolute Gasteiger partial charge is 0.330 e. The maximum absolute atomic E-state index is 9.60. The molecule has 0 radical (unpaired) electrons. The van der Waals surface area contributed by atoms with Crippen molar-refractivity contribution in [1.29, 1.82) is 0 Å². The molecule has 0 aromatic rings. The van der Waals surface area contributed by atoms with E-state index in [9.17, 15) is 4.79 Å². The van der Waals surface area contributed by atoms with E-state index in [2.05, 4.69) is 6.58 Å². The summed E-state index contributed by atoms with van der Waals surface area (Å²) in [5.41, 5.74) is 0.176. The number of hydrogen-bond donors (Lipinski definition) is 3. The van der Waals surface area contributed by atoms with Gasteiger partial charge in [0.1, 0.15) is 0 Å². The topological polar surface area (TPSA) is 77.8 Å². The lowest BCUT2D eigenvalue weighted by Gasteiger charge is -1.79. The van der Waals surface area contributed by atoms with E-state index in [0.717, 1.165) is 0 Å². The van der Waals surface area contributed by atoms with Crippen LogP contribution in [0.3, 0.4) is 0 Å². The van der Waals surface area contributed by atoms with Crippen molar-refractivity contribution in [2.45, 2.75) is 6.92 Å². The summed E-state index contributed by atoms with van der Waals surface area (Å²) in [6, 6.07) is 0. The second-order valence-corrected chi connectivity index (χ2v) is 1.53. The van der Waals surface area contributed by atoms with Gasteiger partial charge in [-0.1, -0.05) is 6.58 Å². The molecule has 0 rings (SSSR count). The number of aliphatic hydroxyl groups excluding tert-OH is 2. The third-order valence-corrected chi connectivity index (χ3v) is 0.465. The molecular formula is C6H12O4. The Hall–Kier alpha value is -0.870. The molecule has 0 saturated carbocycles. The molecule has 4 heteroatoms. The lowest BCUT2D eigenvalue weighted by atomic mass is 10.4. The first-order valence-corrected chi connectivity index (χ1v) is 2.66. The summed E-state index contributed by atoms with van der Waals surface area (Å²) in [5, 5.41) is 23.1. The van der Waals surface area contributed by atoms with Gasteiger partial charge in [0, 0.05) is 5.57 Å². The Morgan fingerprint density at radius 2 is 1.60 bits per heavy atom. The normalized spacial score (nSPS) is 7.50. The molecule has 0 amide bonds. The third kappa shape index (κ3) is 15.7. The highest BCUT2D eigenvalue weighted by Crippen LogP contribution is 1.81. The average molecular weight is 148 g/mol. The second-order valence-electron chi connectivity index (χ2n) is 1.53. The van der Waals surface area contributed by atoms with E-state index in [1.165, 1.54) is 6.92 Å². The van der Waals surface area contributed by atoms with Crippen molar-refractivity contribution >= 4 is 5.97 Å². The van der Waals surface area contributed by atoms with Gasteiger partial charge in [-0.2, -0.15) is 0 Å². The van der Waals surface area contributed by atoms with Crippen LogP contribution in [0.4, 0.5) is 0 Å². The monoisotopic (exact) mass is 148 g/mol. The van der Waals surface area contributed by atoms with Gasteiger partial charge in [0.05, 0.1) is 13.2 Å². The maximum Gasteiger partial charge on any atom is 0.330 e. The lowest BCUT2D eigenvalue weighted by molar-refractivity contribution is -0.132. The number of aliphatic carboxylic acids is 1. The SMILES string of the molecule is C=C(C)C(=O)O.OCCO. The van der Waals surface area contributed by atoms with Gasteiger partial charge in [0.2, 0.25) is 0 Å². The minimum atomic E-state index is -0.935. The molecule has 0 aliphatic carbocycles. The number of rotatable bonds is 2. The van der Waals surface area contributed by atoms with Crippen LogP contribution in [0.25, 0.3) is 0 Å². The molecule has 0 aromatic carbocycles. The average Bonchev–Trinajstić information content (AvgIpc) is 1.89. The van der Waals surface area contributed by atoms with Crippen LogP contribution in [0.5, 0.6) is 0 Å². The zero-order valence-electron chi connectivity index (χ0n) is 5.87. The number of carbonyl (C=O) groups is 1. The zero-order valence-corrected chi connectivity index (χ0v) is 5.87. The number of carboxylic acids is 1. The summed E-state index contributed by atoms with van der Waals surface area (Å²) < 4.78 is 0. The quantitative estimate of drug-likeness (QED) is 0.466. The summed E-state index contributed by atoms with van der Waals surface area (Å²) in [4.78, 5) is 9.60. The van der Waals surface area contributed by atoms with Crippen LogP contribution in [-0.2, 0) is 4.79 Å². The molecule has 0 aliphatic heterocycles. The lowest BCUT2D eigenvalue weighted by Crippen LogP contribution is -1.92. The van der Waals surface area contributed by atoms with Crippen LogP contribution in [0.2, 0.25) is 0 Å². The van der Waals surface area contributed by atoms with Gasteiger partial charge in [-0.25, -0.2) is 4.79 Å². The van der Waals surface area contributed by atoms with Crippen LogP contribution >= 0.6 is 0 Å². The van der Waals surface area contributed by atoms with Gasteiger partial charge in [0.25, 0.3) is 0 Å². The first-order valence-electron chi connectivity index (χ1n) is 2.66. The Bertz CT molecular complexity index is 94.3. The van der Waals surface area contributed by atoms with Crippen molar-refractivity contribution < 1.29 is 20.1 Å². The van der Waals surface area contributed by atoms with Crippen molar-refractivity contribution in [3.63, 3.8) is 0 Å². The van der Waals surface area contributed by atoms with Crippen molar-refractivity contribution in [2.24, 2.45) is 0 Å². The molecule has 3 N–H and O–H groups in total. The highest BCUT2D eigenvalue weighted by atomic mass is 16.4. The predicted octanol–water partition coefficient (Wildman–Crippen LogP) is -0.382. The fraction of sp³-hybridized carbons (Fsp3) is 0.500. The molecule has 0 saturated heterocycles. The third-order valence-electron chi connectivity index (χ3n) is 0.465.